The van der Waals surface area contributed by atoms with Crippen molar-refractivity contribution in [2.24, 2.45) is 0 Å². The molecule has 1 aliphatic heterocycles. The summed E-state index contributed by atoms with van der Waals surface area (Å²) in [4.78, 5) is 0. The second kappa shape index (κ2) is 4.09. The van der Waals surface area contributed by atoms with E-state index < -0.39 is 5.60 Å². The fraction of sp³-hybridized carbons (Fsp3) is 0.667. The average molecular weight is 150 g/mol. The molecule has 0 amide bonds. The Morgan fingerprint density at radius 3 is 2.56 bits per heavy atom. The number of rotatable bonds is 0. The number of hydrogen-bond acceptors (Lipinski definition) is 2. The zero-order valence-corrected chi connectivity index (χ0v) is 8.60. The van der Waals surface area contributed by atoms with Crippen LogP contribution in [0.5, 0.6) is 0 Å². The molecule has 1 aliphatic rings. The molecule has 0 bridgehead atoms. The van der Waals surface area contributed by atoms with E-state index in [4.69, 9.17) is 16.3 Å². The van der Waals surface area contributed by atoms with Crippen molar-refractivity contribution in [2.45, 2.75) is 12.0 Å². The third-order valence-electron chi connectivity index (χ3n) is 1.23. The van der Waals surface area contributed by atoms with Crippen molar-refractivity contribution in [3.8, 4) is 5.92 Å². The van der Waals surface area contributed by atoms with Crippen LogP contribution in [0.3, 0.4) is 0 Å². The summed E-state index contributed by atoms with van der Waals surface area (Å²) < 4.78 is 4.82. The van der Waals surface area contributed by atoms with Crippen molar-refractivity contribution in [1.82, 2.24) is 0 Å². The quantitative estimate of drug-likeness (QED) is 0.223. The summed E-state index contributed by atoms with van der Waals surface area (Å²) in [7, 11) is 0. The van der Waals surface area contributed by atoms with Gasteiger partial charge in [-0.25, -0.2) is 0 Å². The summed E-state index contributed by atoms with van der Waals surface area (Å²) in [5.74, 6) is 2.02. The predicted octanol–water partition coefficient (Wildman–Crippen LogP) is -3.27. The molecule has 1 rings (SSSR count). The minimum Gasteiger partial charge on any atom is -0.691 e. The van der Waals surface area contributed by atoms with Gasteiger partial charge in [0.1, 0.15) is 5.60 Å². The van der Waals surface area contributed by atoms with E-state index in [1.807, 2.05) is 5.92 Å². The second-order valence-corrected chi connectivity index (χ2v) is 1.96. The number of ether oxygens (including phenoxy) is 1. The first-order chi connectivity index (χ1) is 3.77. The molecule has 1 atom stereocenters. The molecule has 1 saturated heterocycles. The van der Waals surface area contributed by atoms with Gasteiger partial charge in [0, 0.05) is 6.42 Å². The molecule has 0 spiro atoms. The van der Waals surface area contributed by atoms with Crippen LogP contribution in [-0.4, -0.2) is 23.9 Å². The summed E-state index contributed by atoms with van der Waals surface area (Å²) in [6.45, 7) is 0.777. The second-order valence-electron chi connectivity index (χ2n) is 1.96. The smallest absolute Gasteiger partial charge is 0.691 e. The average Bonchev–Trinajstić information content (AvgIpc) is 2.17. The molecule has 1 unspecified atom stereocenters. The van der Waals surface area contributed by atoms with Gasteiger partial charge in [0.2, 0.25) is 0 Å². The van der Waals surface area contributed by atoms with Gasteiger partial charge < -0.3 is 22.2 Å². The Kier molecular flexibility index (Phi) is 4.60. The fourth-order valence-electron chi connectivity index (χ4n) is 0.653. The van der Waals surface area contributed by atoms with E-state index in [9.17, 15) is 0 Å². The maximum atomic E-state index is 9.08. The van der Waals surface area contributed by atoms with E-state index in [0.29, 0.717) is 13.0 Å². The minimum atomic E-state index is -1.07. The molecule has 1 heterocycles. The molecule has 1 N–H and O–H groups in total. The first-order valence-electron chi connectivity index (χ1n) is 2.51. The maximum absolute atomic E-state index is 9.08. The van der Waals surface area contributed by atoms with Crippen molar-refractivity contribution in [3.63, 3.8) is 0 Å². The van der Waals surface area contributed by atoms with Crippen LogP contribution in [0.15, 0.2) is 0 Å². The molecule has 0 aromatic heterocycles. The molecule has 3 heteroatoms. The van der Waals surface area contributed by atoms with Gasteiger partial charge >= 0.3 is 51.4 Å². The number of hydrogen-bond donors (Lipinski definition) is 1. The number of aliphatic hydroxyl groups is 1. The first-order valence-corrected chi connectivity index (χ1v) is 2.51. The van der Waals surface area contributed by atoms with Gasteiger partial charge in [0.25, 0.3) is 0 Å². The summed E-state index contributed by atoms with van der Waals surface area (Å²) >= 11 is 0. The van der Waals surface area contributed by atoms with Gasteiger partial charge in [-0.3, -0.25) is 0 Å². The van der Waals surface area contributed by atoms with Crippen molar-refractivity contribution >= 4 is 0 Å². The Labute approximate surface area is 97.4 Å². The van der Waals surface area contributed by atoms with Crippen molar-refractivity contribution in [2.75, 3.05) is 13.2 Å². The van der Waals surface area contributed by atoms with E-state index >= 15 is 0 Å². The zero-order chi connectivity index (χ0) is 6.04. The van der Waals surface area contributed by atoms with Gasteiger partial charge in [-0.05, 0) is 0 Å². The molecule has 0 saturated carbocycles. The van der Waals surface area contributed by atoms with Crippen LogP contribution < -0.4 is 51.4 Å². The third kappa shape index (κ3) is 2.68. The summed E-state index contributed by atoms with van der Waals surface area (Å²) in [6, 6.07) is 0. The maximum Gasteiger partial charge on any atom is 1.00 e. The molecule has 0 aliphatic carbocycles. The van der Waals surface area contributed by atoms with Crippen molar-refractivity contribution < 1.29 is 61.2 Å². The van der Waals surface area contributed by atoms with E-state index in [2.05, 4.69) is 0 Å². The van der Waals surface area contributed by atoms with Crippen LogP contribution in [0.25, 0.3) is 0 Å². The normalized spacial score (nSPS) is 32.9. The minimum absolute atomic E-state index is 0. The van der Waals surface area contributed by atoms with Gasteiger partial charge in [0.15, 0.2) is 0 Å². The Bertz CT molecular complexity index is 122. The van der Waals surface area contributed by atoms with E-state index in [0.717, 1.165) is 0 Å². The van der Waals surface area contributed by atoms with Crippen LogP contribution in [-0.2, 0) is 4.74 Å². The van der Waals surface area contributed by atoms with E-state index in [-0.39, 0.29) is 58.0 Å². The zero-order valence-electron chi connectivity index (χ0n) is 5.48. The van der Waals surface area contributed by atoms with Gasteiger partial charge in [-0.1, -0.05) is 0 Å². The first kappa shape index (κ1) is 10.1. The predicted molar refractivity (Wildman–Crippen MR) is 27.5 cm³/mol. The third-order valence-corrected chi connectivity index (χ3v) is 1.23. The molecule has 9 heavy (non-hydrogen) atoms. The molecule has 0 aromatic carbocycles. The molecule has 1 fully saturated rings. The molecule has 44 valence electrons. The summed E-state index contributed by atoms with van der Waals surface area (Å²) in [5.41, 5.74) is -1.07. The Morgan fingerprint density at radius 1 is 1.67 bits per heavy atom. The summed E-state index contributed by atoms with van der Waals surface area (Å²) in [6.07, 6.45) is 7.13. The van der Waals surface area contributed by atoms with Crippen LogP contribution in [0, 0.1) is 12.3 Å². The Hall–Kier alpha value is 1.12. The molecule has 0 radical (unpaired) electrons. The van der Waals surface area contributed by atoms with Crippen LogP contribution in [0.2, 0.25) is 0 Å². The Morgan fingerprint density at radius 2 is 2.33 bits per heavy atom. The largest absolute Gasteiger partial charge is 1.00 e. The van der Waals surface area contributed by atoms with Crippen LogP contribution in [0.1, 0.15) is 6.42 Å². The van der Waals surface area contributed by atoms with E-state index in [1.165, 1.54) is 0 Å². The van der Waals surface area contributed by atoms with Crippen LogP contribution >= 0.6 is 0 Å². The van der Waals surface area contributed by atoms with Gasteiger partial charge in [0.05, 0.1) is 13.2 Å². The van der Waals surface area contributed by atoms with Crippen LogP contribution in [0.4, 0.5) is 0 Å². The SMILES string of the molecule is [C-]#CC1(O)CCOC1.[K+]. The van der Waals surface area contributed by atoms with Crippen molar-refractivity contribution in [1.29, 1.82) is 0 Å². The van der Waals surface area contributed by atoms with Gasteiger partial charge in [-0.2, -0.15) is 0 Å². The Balaban J connectivity index is 0.000000640. The molecular formula is C6H7KO2. The summed E-state index contributed by atoms with van der Waals surface area (Å²) in [5, 5.41) is 9.08. The van der Waals surface area contributed by atoms with Crippen molar-refractivity contribution in [3.05, 3.63) is 6.42 Å². The topological polar surface area (TPSA) is 29.5 Å². The van der Waals surface area contributed by atoms with E-state index in [1.54, 1.807) is 0 Å². The molecular weight excluding hydrogens is 143 g/mol. The standard InChI is InChI=1S/C6H7O2.K/c1-2-6(7)3-4-8-5-6;/h7H,3-5H2;/q-1;+1. The molecule has 2 nitrogen and oxygen atoms in total. The molecule has 0 aromatic rings. The fourth-order valence-corrected chi connectivity index (χ4v) is 0.653. The van der Waals surface area contributed by atoms with Gasteiger partial charge in [-0.15, -0.1) is 0 Å². The monoisotopic (exact) mass is 150 g/mol.